The molecule has 2 nitrogen and oxygen atoms in total. The molecule has 1 N–H and O–H groups in total. The van der Waals surface area contributed by atoms with Crippen molar-refractivity contribution in [2.24, 2.45) is 11.8 Å². The molecule has 0 aromatic rings. The van der Waals surface area contributed by atoms with Gasteiger partial charge in [-0.15, -0.1) is 6.92 Å². The van der Waals surface area contributed by atoms with Gasteiger partial charge in [0.1, 0.15) is 0 Å². The van der Waals surface area contributed by atoms with Crippen LogP contribution in [0.2, 0.25) is 0 Å². The van der Waals surface area contributed by atoms with Crippen molar-refractivity contribution in [2.45, 2.75) is 98.3 Å². The Labute approximate surface area is 220 Å². The molecule has 6 heteroatoms. The Balaban J connectivity index is -0.0000000857. The third kappa shape index (κ3) is 18.1. The molecule has 0 spiro atoms. The normalized spacial score (nSPS) is 19.5. The van der Waals surface area contributed by atoms with Crippen molar-refractivity contribution in [3.8, 4) is 0 Å². The van der Waals surface area contributed by atoms with E-state index in [2.05, 4.69) is 33.8 Å². The first kappa shape index (κ1) is 44.2. The zero-order chi connectivity index (χ0) is 17.9. The molecule has 1 unspecified atom stereocenters. The first-order valence-electron chi connectivity index (χ1n) is 9.96. The number of carbonyl (C=O) groups is 1. The largest absolute Gasteiger partial charge is 2.00 e. The molecule has 1 fully saturated rings. The van der Waals surface area contributed by atoms with Crippen LogP contribution in [0.3, 0.4) is 0 Å². The Morgan fingerprint density at radius 3 is 1.37 bits per heavy atom. The van der Waals surface area contributed by atoms with E-state index in [9.17, 15) is 4.79 Å². The molecule has 0 radical (unpaired) electrons. The molecule has 1 atom stereocenters. The van der Waals surface area contributed by atoms with Gasteiger partial charge in [0.25, 0.3) is 0 Å². The van der Waals surface area contributed by atoms with Crippen LogP contribution in [0.5, 0.6) is 0 Å². The van der Waals surface area contributed by atoms with Crippen LogP contribution < -0.4 is 24.8 Å². The zero-order valence-corrected chi connectivity index (χ0v) is 22.7. The fourth-order valence-electron chi connectivity index (χ4n) is 3.59. The third-order valence-electron chi connectivity index (χ3n) is 5.71. The van der Waals surface area contributed by atoms with Gasteiger partial charge < -0.3 is 50.2 Å². The van der Waals surface area contributed by atoms with E-state index in [1.165, 1.54) is 61.7 Å². The van der Waals surface area contributed by atoms with Gasteiger partial charge in [0.05, 0.1) is 5.91 Å². The summed E-state index contributed by atoms with van der Waals surface area (Å²) >= 11 is 0. The van der Waals surface area contributed by atoms with Crippen molar-refractivity contribution < 1.29 is 51.3 Å². The van der Waals surface area contributed by atoms with Gasteiger partial charge in [0.15, 0.2) is 0 Å². The molecule has 0 heterocycles. The summed E-state index contributed by atoms with van der Waals surface area (Å²) in [6, 6.07) is 0. The van der Waals surface area contributed by atoms with E-state index in [1.54, 1.807) is 0 Å². The van der Waals surface area contributed by atoms with Crippen LogP contribution in [-0.4, -0.2) is 16.9 Å². The van der Waals surface area contributed by atoms with Gasteiger partial charge in [-0.05, 0) is 23.8 Å². The maximum Gasteiger partial charge on any atom is 2.00 e. The van der Waals surface area contributed by atoms with E-state index < -0.39 is 0 Å². The molecule has 30 heavy (non-hydrogen) atoms. The van der Waals surface area contributed by atoms with Crippen LogP contribution in [0.25, 0.3) is 5.73 Å². The van der Waals surface area contributed by atoms with Crippen LogP contribution in [0.15, 0.2) is 16.7 Å². The van der Waals surface area contributed by atoms with Crippen molar-refractivity contribution >= 4 is 16.9 Å². The number of hydrogen-bond donors (Lipinski definition) is 0. The summed E-state index contributed by atoms with van der Waals surface area (Å²) in [5.74, 6) is 0.279. The van der Waals surface area contributed by atoms with Gasteiger partial charge in [0, 0.05) is 5.92 Å². The SMILES string of the molecule is CC1=[C-]C(C)C(C)=C1C.[CH3-].[CH3-].[Cl-].[Cl-].[NH-]C(=O)C1CCCCCCCCCCC1.[SiH4].[Ti+2]. The van der Waals surface area contributed by atoms with E-state index in [4.69, 9.17) is 5.73 Å². The van der Waals surface area contributed by atoms with Crippen LogP contribution in [0, 0.1) is 32.8 Å². The predicted molar refractivity (Wildman–Crippen MR) is 128 cm³/mol. The van der Waals surface area contributed by atoms with Crippen molar-refractivity contribution in [3.63, 3.8) is 0 Å². The maximum absolute atomic E-state index is 11.1. The number of allylic oxidation sites excluding steroid dienone is 4. The van der Waals surface area contributed by atoms with Crippen LogP contribution >= 0.6 is 0 Å². The summed E-state index contributed by atoms with van der Waals surface area (Å²) in [5, 5.41) is 0. The van der Waals surface area contributed by atoms with Gasteiger partial charge >= 0.3 is 21.7 Å². The summed E-state index contributed by atoms with van der Waals surface area (Å²) in [5.41, 5.74) is 11.5. The fourth-order valence-corrected chi connectivity index (χ4v) is 3.59. The Kier molecular flexibility index (Phi) is 37.9. The summed E-state index contributed by atoms with van der Waals surface area (Å²) in [7, 11) is 0. The monoisotopic (exact) mass is 511 g/mol. The Morgan fingerprint density at radius 2 is 1.17 bits per heavy atom. The van der Waals surface area contributed by atoms with Crippen molar-refractivity contribution in [1.29, 1.82) is 0 Å². The smallest absolute Gasteiger partial charge is 1.00 e. The van der Waals surface area contributed by atoms with Gasteiger partial charge in [-0.2, -0.15) is 11.1 Å². The first-order chi connectivity index (χ1) is 11.4. The summed E-state index contributed by atoms with van der Waals surface area (Å²) in [6.45, 7) is 8.67. The van der Waals surface area contributed by atoms with E-state index >= 15 is 0 Å². The quantitative estimate of drug-likeness (QED) is 0.376. The number of nitrogens with one attached hydrogen (secondary N) is 1. The Hall–Kier alpha value is 0.461. The zero-order valence-electron chi connectivity index (χ0n) is 19.6. The molecule has 0 aliphatic heterocycles. The van der Waals surface area contributed by atoms with Crippen LogP contribution in [0.1, 0.15) is 98.3 Å². The molecule has 2 aliphatic carbocycles. The number of carbonyl (C=O) groups excluding carboxylic acids is 1. The van der Waals surface area contributed by atoms with Gasteiger partial charge in [-0.25, -0.2) is 5.57 Å². The van der Waals surface area contributed by atoms with Gasteiger partial charge in [-0.1, -0.05) is 84.5 Å². The molecule has 0 aromatic heterocycles. The van der Waals surface area contributed by atoms with Crippen molar-refractivity contribution in [1.82, 2.24) is 0 Å². The van der Waals surface area contributed by atoms with E-state index in [1.807, 2.05) is 0 Å². The number of amides is 1. The van der Waals surface area contributed by atoms with E-state index in [0.717, 1.165) is 25.7 Å². The average molecular weight is 513 g/mol. The molecule has 0 saturated heterocycles. The topological polar surface area (TPSA) is 40.9 Å². The number of halogens is 2. The van der Waals surface area contributed by atoms with Gasteiger partial charge in [-0.3, -0.25) is 6.08 Å². The fraction of sp³-hybridized carbons (Fsp3) is 0.708. The van der Waals surface area contributed by atoms with E-state index in [0.29, 0.717) is 5.92 Å². The van der Waals surface area contributed by atoms with Crippen molar-refractivity contribution in [2.75, 3.05) is 0 Å². The molecular formula is C24H47Cl2NOSiTi-4. The van der Waals surface area contributed by atoms with Crippen LogP contribution in [-0.2, 0) is 26.5 Å². The minimum atomic E-state index is -0.327. The first-order valence-corrected chi connectivity index (χ1v) is 9.96. The summed E-state index contributed by atoms with van der Waals surface area (Å²) in [6.07, 6.45) is 16.8. The average Bonchev–Trinajstić information content (AvgIpc) is 2.74. The number of hydrogen-bond acceptors (Lipinski definition) is 1. The molecule has 2 rings (SSSR count). The second-order valence-corrected chi connectivity index (χ2v) is 7.62. The molecule has 1 saturated carbocycles. The van der Waals surface area contributed by atoms with Crippen LogP contribution in [0.4, 0.5) is 0 Å². The summed E-state index contributed by atoms with van der Waals surface area (Å²) in [4.78, 5) is 11.1. The molecule has 2 aliphatic rings. The Bertz CT molecular complexity index is 458. The summed E-state index contributed by atoms with van der Waals surface area (Å²) < 4.78 is 0. The van der Waals surface area contributed by atoms with Gasteiger partial charge in [0.2, 0.25) is 0 Å². The number of rotatable bonds is 1. The molecule has 0 aromatic carbocycles. The Morgan fingerprint density at radius 1 is 0.833 bits per heavy atom. The van der Waals surface area contributed by atoms with Crippen molar-refractivity contribution in [3.05, 3.63) is 43.4 Å². The second kappa shape index (κ2) is 25.7. The molecule has 1 amide bonds. The second-order valence-electron chi connectivity index (χ2n) is 7.62. The molecular weight excluding hydrogens is 465 g/mol. The standard InChI is InChI=1S/C13H25NO.C9H13.2CH3.2ClH.H4Si.Ti/c14-13(15)12-10-8-6-4-2-1-3-5-7-9-11-12;1-6-5-7(2)9(4)8(6)3;;;;;;/h12H,1-11H2,(H2,14,15);6H,1-4H3;2*1H3;2*1H;1H4;/q;3*-1;;;;+2/p-3. The predicted octanol–water partition coefficient (Wildman–Crippen LogP) is 0.663. The van der Waals surface area contributed by atoms with E-state index in [-0.39, 0.29) is 84.2 Å². The minimum Gasteiger partial charge on any atom is -1.00 e. The molecule has 180 valence electrons. The third-order valence-corrected chi connectivity index (χ3v) is 5.71. The maximum atomic E-state index is 11.1. The molecule has 0 bridgehead atoms. The minimum absolute atomic E-state index is 0.